The summed E-state index contributed by atoms with van der Waals surface area (Å²) in [6.45, 7) is 7.52. The van der Waals surface area contributed by atoms with Crippen LogP contribution in [0.1, 0.15) is 34.1 Å². The molecular weight excluding hydrogens is 544 g/mol. The van der Waals surface area contributed by atoms with E-state index in [1.165, 1.54) is 36.4 Å². The van der Waals surface area contributed by atoms with E-state index in [1.54, 1.807) is 37.3 Å². The minimum atomic E-state index is -4.49. The van der Waals surface area contributed by atoms with E-state index in [4.69, 9.17) is 0 Å². The number of aliphatic hydroxyl groups is 1. The Balaban J connectivity index is 1.88. The maximum absolute atomic E-state index is 14.8. The van der Waals surface area contributed by atoms with Crippen LogP contribution in [0.2, 0.25) is 0 Å². The molecule has 1 atom stereocenters. The first-order valence-corrected chi connectivity index (χ1v) is 16.0. The van der Waals surface area contributed by atoms with Crippen LogP contribution < -0.4 is 0 Å². The van der Waals surface area contributed by atoms with Crippen molar-refractivity contribution in [2.45, 2.75) is 43.9 Å². The van der Waals surface area contributed by atoms with Crippen LogP contribution in [0, 0.1) is 5.41 Å². The molecule has 0 saturated carbocycles. The van der Waals surface area contributed by atoms with Crippen LogP contribution in [-0.4, -0.2) is 33.5 Å². The molecule has 0 aliphatic heterocycles. The fraction of sp³-hybridized carbons (Fsp3) is 0.219. The first kappa shape index (κ1) is 27.8. The maximum atomic E-state index is 14.8. The Labute approximate surface area is 235 Å². The van der Waals surface area contributed by atoms with Crippen LogP contribution in [-0.2, 0) is 24.5 Å². The second-order valence-corrected chi connectivity index (χ2v) is 14.4. The Hall–Kier alpha value is -3.75. The van der Waals surface area contributed by atoms with E-state index in [2.05, 4.69) is 0 Å². The fourth-order valence-corrected chi connectivity index (χ4v) is 9.44. The zero-order chi connectivity index (χ0) is 29.0. The number of rotatable bonds is 5. The molecule has 0 amide bonds. The molecule has 1 N–H and O–H groups in total. The van der Waals surface area contributed by atoms with Gasteiger partial charge in [-0.2, -0.15) is 0 Å². The zero-order valence-corrected chi connectivity index (χ0v) is 24.4. The first-order valence-electron chi connectivity index (χ1n) is 12.9. The van der Waals surface area contributed by atoms with Crippen molar-refractivity contribution in [1.82, 2.24) is 0 Å². The van der Waals surface area contributed by atoms with E-state index >= 15 is 0 Å². The molecule has 8 heteroatoms. The molecule has 3 aliphatic rings. The molecule has 2 aromatic carbocycles. The number of carbonyl (C=O) groups is 1. The predicted octanol–water partition coefficient (Wildman–Crippen LogP) is 6.14. The Kier molecular flexibility index (Phi) is 6.75. The molecule has 0 aromatic heterocycles. The quantitative estimate of drug-likeness (QED) is 0.460. The van der Waals surface area contributed by atoms with Gasteiger partial charge in [-0.25, -0.2) is 16.8 Å². The highest BCUT2D eigenvalue weighted by molar-refractivity contribution is 7.96. The highest BCUT2D eigenvalue weighted by atomic mass is 32.2. The van der Waals surface area contributed by atoms with Gasteiger partial charge >= 0.3 is 0 Å². The van der Waals surface area contributed by atoms with Gasteiger partial charge in [0.25, 0.3) is 0 Å². The third kappa shape index (κ3) is 4.17. The number of hydrogen-bond donors (Lipinski definition) is 1. The van der Waals surface area contributed by atoms with Crippen molar-refractivity contribution in [2.24, 2.45) is 5.41 Å². The average molecular weight is 575 g/mol. The molecule has 5 rings (SSSR count). The second kappa shape index (κ2) is 9.71. The van der Waals surface area contributed by atoms with Gasteiger partial charge in [0.2, 0.25) is 9.84 Å². The lowest BCUT2D eigenvalue weighted by molar-refractivity contribution is -0.119. The Bertz CT molecular complexity index is 1850. The highest BCUT2D eigenvalue weighted by Gasteiger charge is 2.60. The molecule has 206 valence electrons. The number of benzene rings is 2. The van der Waals surface area contributed by atoms with Crippen LogP contribution >= 0.6 is 0 Å². The summed E-state index contributed by atoms with van der Waals surface area (Å²) >= 11 is 0. The number of hydrogen-bond acceptors (Lipinski definition) is 6. The summed E-state index contributed by atoms with van der Waals surface area (Å²) in [6.07, 6.45) is 5.75. The van der Waals surface area contributed by atoms with Gasteiger partial charge in [0.05, 0.1) is 15.5 Å². The van der Waals surface area contributed by atoms with Crippen LogP contribution in [0.25, 0.3) is 0 Å². The number of allylic oxidation sites excluding steroid dienone is 11. The van der Waals surface area contributed by atoms with Crippen LogP contribution in [0.4, 0.5) is 0 Å². The van der Waals surface area contributed by atoms with Crippen molar-refractivity contribution in [3.05, 3.63) is 129 Å². The van der Waals surface area contributed by atoms with Gasteiger partial charge in [0, 0.05) is 5.57 Å². The Morgan fingerprint density at radius 2 is 1.40 bits per heavy atom. The second-order valence-electron chi connectivity index (χ2n) is 10.6. The third-order valence-corrected chi connectivity index (χ3v) is 11.4. The lowest BCUT2D eigenvalue weighted by atomic mass is 9.70. The molecule has 2 aromatic rings. The topological polar surface area (TPSA) is 106 Å². The van der Waals surface area contributed by atoms with Crippen LogP contribution in [0.3, 0.4) is 0 Å². The minimum Gasteiger partial charge on any atom is -0.506 e. The van der Waals surface area contributed by atoms with Gasteiger partial charge in [-0.05, 0) is 80.7 Å². The molecule has 0 bridgehead atoms. The number of carbonyl (C=O) groups excluding carboxylic acids is 1. The summed E-state index contributed by atoms with van der Waals surface area (Å²) < 4.78 is 55.8. The van der Waals surface area contributed by atoms with Gasteiger partial charge in [-0.1, -0.05) is 65.8 Å². The summed E-state index contributed by atoms with van der Waals surface area (Å²) in [5, 5.41) is 11.6. The molecule has 0 unspecified atom stereocenters. The van der Waals surface area contributed by atoms with Crippen LogP contribution in [0.5, 0.6) is 0 Å². The van der Waals surface area contributed by atoms with Crippen molar-refractivity contribution in [3.63, 3.8) is 0 Å². The van der Waals surface area contributed by atoms with Crippen molar-refractivity contribution in [2.75, 3.05) is 5.75 Å². The average Bonchev–Trinajstić information content (AvgIpc) is 2.99. The third-order valence-electron chi connectivity index (χ3n) is 7.75. The van der Waals surface area contributed by atoms with Crippen molar-refractivity contribution < 1.29 is 26.7 Å². The summed E-state index contributed by atoms with van der Waals surface area (Å²) in [5.41, 5.74) is 2.40. The number of Topliss-reactive ketones (excluding diaryl/α,β-unsaturated/α-hetero) is 1. The maximum Gasteiger partial charge on any atom is 0.213 e. The molecule has 0 spiro atoms. The molecule has 0 radical (unpaired) electrons. The van der Waals surface area contributed by atoms with Crippen molar-refractivity contribution in [1.29, 1.82) is 0 Å². The van der Waals surface area contributed by atoms with Crippen molar-refractivity contribution in [3.8, 4) is 0 Å². The zero-order valence-electron chi connectivity index (χ0n) is 22.7. The molecule has 6 nitrogen and oxygen atoms in total. The van der Waals surface area contributed by atoms with Gasteiger partial charge in [0.1, 0.15) is 11.2 Å². The lowest BCUT2D eigenvalue weighted by Crippen LogP contribution is -2.41. The summed E-state index contributed by atoms with van der Waals surface area (Å²) in [4.78, 5) is 13.8. The number of fused-ring (bicyclic) bond motifs is 3. The Morgan fingerprint density at radius 3 is 2.00 bits per heavy atom. The van der Waals surface area contributed by atoms with E-state index in [-0.39, 0.29) is 15.4 Å². The monoisotopic (exact) mass is 574 g/mol. The van der Waals surface area contributed by atoms with Crippen molar-refractivity contribution >= 4 is 25.5 Å². The normalized spacial score (nSPS) is 21.8. The number of sulfone groups is 2. The van der Waals surface area contributed by atoms with E-state index in [0.29, 0.717) is 23.1 Å². The smallest absolute Gasteiger partial charge is 0.213 e. The molecule has 0 fully saturated rings. The molecule has 3 aliphatic carbocycles. The molecular formula is C32H30O6S2. The van der Waals surface area contributed by atoms with Crippen LogP contribution in [0.15, 0.2) is 138 Å². The van der Waals surface area contributed by atoms with E-state index in [0.717, 1.165) is 16.7 Å². The lowest BCUT2D eigenvalue weighted by Gasteiger charge is -2.34. The minimum absolute atomic E-state index is 0.00717. The fourth-order valence-electron chi connectivity index (χ4n) is 6.17. The summed E-state index contributed by atoms with van der Waals surface area (Å²) in [7, 11) is -8.65. The predicted molar refractivity (Wildman–Crippen MR) is 155 cm³/mol. The van der Waals surface area contributed by atoms with E-state index in [9.17, 15) is 26.7 Å². The molecule has 0 heterocycles. The first-order chi connectivity index (χ1) is 18.8. The highest BCUT2D eigenvalue weighted by Crippen LogP contribution is 2.57. The van der Waals surface area contributed by atoms with Gasteiger partial charge in [0.15, 0.2) is 20.5 Å². The van der Waals surface area contributed by atoms with E-state index in [1.807, 2.05) is 32.9 Å². The largest absolute Gasteiger partial charge is 0.506 e. The summed E-state index contributed by atoms with van der Waals surface area (Å²) in [6, 6.07) is 15.2. The van der Waals surface area contributed by atoms with Gasteiger partial charge in [-0.3, -0.25) is 4.79 Å². The van der Waals surface area contributed by atoms with Gasteiger partial charge < -0.3 is 5.11 Å². The van der Waals surface area contributed by atoms with Gasteiger partial charge in [-0.15, -0.1) is 0 Å². The molecule has 0 saturated heterocycles. The molecule has 40 heavy (non-hydrogen) atoms. The van der Waals surface area contributed by atoms with E-state index < -0.39 is 47.3 Å². The SMILES string of the molecule is CC1=CC(C)=C2C(=C(C)CC=C3C(O)=C(S(=O)(=O)c4ccccc4)C(=O)[C@]32CS(=O)(=O)c2ccccc2)C(C)=C1. The standard InChI is InChI=1S/C32H30O6S2/c1-20-17-22(3)27-21(2)15-16-26-29(33)30(40(37,38)25-13-9-6-10-14-25)31(34)32(26,28(27)23(4)18-20)19-39(35,36)24-11-7-5-8-12-24/h5-14,16-18,33H,15,19H2,1-4H3/t32-/m1/s1. The number of ketones is 1. The summed E-state index contributed by atoms with van der Waals surface area (Å²) in [5.74, 6) is -2.38. The number of aliphatic hydroxyl groups excluding tert-OH is 1. The Morgan fingerprint density at radius 1 is 0.825 bits per heavy atom.